The molecule has 0 aliphatic carbocycles. The number of ether oxygens (including phenoxy) is 2. The van der Waals surface area contributed by atoms with Gasteiger partial charge in [-0.15, -0.1) is 28.3 Å². The third-order valence-electron chi connectivity index (χ3n) is 5.93. The first-order chi connectivity index (χ1) is 17.8. The van der Waals surface area contributed by atoms with Crippen molar-refractivity contribution in [2.75, 3.05) is 56.2 Å². The van der Waals surface area contributed by atoms with Crippen LogP contribution in [0.5, 0.6) is 0 Å². The van der Waals surface area contributed by atoms with Gasteiger partial charge in [0.1, 0.15) is 18.5 Å². The van der Waals surface area contributed by atoms with Crippen molar-refractivity contribution in [2.24, 2.45) is 0 Å². The summed E-state index contributed by atoms with van der Waals surface area (Å²) >= 11 is 7.01. The van der Waals surface area contributed by atoms with Crippen LogP contribution in [-0.2, 0) is 19.1 Å². The number of carbonyl (C=O) groups is 4. The van der Waals surface area contributed by atoms with Crippen molar-refractivity contribution in [1.29, 1.82) is 0 Å². The molecule has 10 nitrogen and oxygen atoms in total. The maximum absolute atomic E-state index is 15.0. The minimum absolute atomic E-state index is 0. The lowest BCUT2D eigenvalue weighted by Gasteiger charge is -2.27. The summed E-state index contributed by atoms with van der Waals surface area (Å²) in [6.07, 6.45) is -1.02. The highest BCUT2D eigenvalue weighted by Crippen LogP contribution is 2.30. The van der Waals surface area contributed by atoms with Crippen LogP contribution in [0.15, 0.2) is 30.3 Å². The van der Waals surface area contributed by atoms with Crippen LogP contribution >= 0.6 is 39.9 Å². The number of hydrogen-bond acceptors (Lipinski definition) is 8. The van der Waals surface area contributed by atoms with E-state index in [1.807, 2.05) is 0 Å². The summed E-state index contributed by atoms with van der Waals surface area (Å²) in [4.78, 5) is 54.6. The van der Waals surface area contributed by atoms with Crippen LogP contribution in [0.2, 0.25) is 4.34 Å². The molecule has 206 valence electrons. The molecule has 2 saturated heterocycles. The van der Waals surface area contributed by atoms with Gasteiger partial charge in [-0.05, 0) is 50.3 Å². The maximum Gasteiger partial charge on any atom is 0.414 e. The first-order valence-electron chi connectivity index (χ1n) is 11.7. The van der Waals surface area contributed by atoms with Gasteiger partial charge in [0.25, 0.3) is 11.8 Å². The number of thiophene rings is 1. The largest absolute Gasteiger partial charge is 0.442 e. The lowest BCUT2D eigenvalue weighted by atomic mass is 10.2. The number of nitrogens with one attached hydrogen (secondary N) is 1. The van der Waals surface area contributed by atoms with E-state index in [0.717, 1.165) is 21.1 Å². The maximum atomic E-state index is 15.0. The Morgan fingerprint density at radius 3 is 2.68 bits per heavy atom. The number of anilines is 2. The van der Waals surface area contributed by atoms with Crippen LogP contribution in [0.25, 0.3) is 0 Å². The van der Waals surface area contributed by atoms with Crippen LogP contribution in [0.3, 0.4) is 0 Å². The van der Waals surface area contributed by atoms with E-state index in [1.54, 1.807) is 19.2 Å². The van der Waals surface area contributed by atoms with Gasteiger partial charge in [-0.2, -0.15) is 0 Å². The van der Waals surface area contributed by atoms with Crippen LogP contribution in [-0.4, -0.2) is 81.3 Å². The van der Waals surface area contributed by atoms with E-state index in [0.29, 0.717) is 36.1 Å². The monoisotopic (exact) mass is 632 g/mol. The Kier molecular flexibility index (Phi) is 10.6. The molecular weight excluding hydrogens is 607 g/mol. The molecule has 2 aliphatic rings. The number of hydrogen-bond donors (Lipinski definition) is 1. The molecule has 4 amide bonds. The molecule has 1 N–H and O–H groups in total. The number of rotatable bonds is 9. The molecule has 2 aliphatic heterocycles. The van der Waals surface area contributed by atoms with Gasteiger partial charge in [-0.3, -0.25) is 24.2 Å². The lowest BCUT2D eigenvalue weighted by molar-refractivity contribution is -0.129. The minimum Gasteiger partial charge on any atom is -0.442 e. The van der Waals surface area contributed by atoms with Gasteiger partial charge in [-0.25, -0.2) is 9.18 Å². The van der Waals surface area contributed by atoms with Crippen LogP contribution in [0.1, 0.15) is 22.5 Å². The molecule has 2 fully saturated rings. The van der Waals surface area contributed by atoms with Crippen molar-refractivity contribution in [2.45, 2.75) is 18.9 Å². The lowest BCUT2D eigenvalue weighted by Crippen LogP contribution is -2.43. The molecule has 1 aromatic carbocycles. The van der Waals surface area contributed by atoms with Gasteiger partial charge in [0, 0.05) is 18.7 Å². The third-order valence-corrected chi connectivity index (χ3v) is 7.15. The molecule has 3 heterocycles. The molecule has 0 saturated carbocycles. The minimum atomic E-state index is -0.861. The van der Waals surface area contributed by atoms with E-state index in [-0.39, 0.29) is 59.6 Å². The highest BCUT2D eigenvalue weighted by molar-refractivity contribution is 8.93. The van der Waals surface area contributed by atoms with E-state index in [9.17, 15) is 19.2 Å². The first-order valence-corrected chi connectivity index (χ1v) is 12.9. The zero-order valence-electron chi connectivity index (χ0n) is 20.5. The SMILES string of the molecule is Br.CNCCCC(=O)N(C[C@H]1CN(c2ccc(N3CCOCC3=O)cc2F)C(=O)O1)C(=O)c1ccc(Cl)s1. The molecule has 14 heteroatoms. The second-order valence-electron chi connectivity index (χ2n) is 8.47. The fourth-order valence-corrected chi connectivity index (χ4v) is 5.09. The predicted molar refractivity (Wildman–Crippen MR) is 146 cm³/mol. The zero-order valence-corrected chi connectivity index (χ0v) is 23.8. The summed E-state index contributed by atoms with van der Waals surface area (Å²) in [6.45, 7) is 0.907. The first kappa shape index (κ1) is 30.0. The van der Waals surface area contributed by atoms with Crippen molar-refractivity contribution < 1.29 is 33.0 Å². The Labute approximate surface area is 238 Å². The number of imide groups is 1. The normalized spacial score (nSPS) is 17.3. The van der Waals surface area contributed by atoms with Crippen molar-refractivity contribution in [1.82, 2.24) is 10.2 Å². The van der Waals surface area contributed by atoms with Crippen molar-refractivity contribution in [3.05, 3.63) is 45.4 Å². The highest BCUT2D eigenvalue weighted by Gasteiger charge is 2.37. The number of carbonyl (C=O) groups excluding carboxylic acids is 4. The summed E-state index contributed by atoms with van der Waals surface area (Å²) in [5.41, 5.74) is 0.331. The quantitative estimate of drug-likeness (QED) is 0.422. The average molecular weight is 634 g/mol. The van der Waals surface area contributed by atoms with Gasteiger partial charge >= 0.3 is 6.09 Å². The summed E-state index contributed by atoms with van der Waals surface area (Å²) in [5, 5.41) is 2.95. The predicted octanol–water partition coefficient (Wildman–Crippen LogP) is 3.48. The summed E-state index contributed by atoms with van der Waals surface area (Å²) in [5.74, 6) is -1.94. The van der Waals surface area contributed by atoms with Gasteiger partial charge in [0.2, 0.25) is 5.91 Å². The molecule has 0 unspecified atom stereocenters. The van der Waals surface area contributed by atoms with Gasteiger partial charge in [-0.1, -0.05) is 11.6 Å². The van der Waals surface area contributed by atoms with Crippen LogP contribution in [0.4, 0.5) is 20.6 Å². The smallest absolute Gasteiger partial charge is 0.414 e. The number of benzene rings is 1. The molecule has 1 aromatic heterocycles. The van der Waals surface area contributed by atoms with Crippen LogP contribution < -0.4 is 15.1 Å². The molecule has 0 bridgehead atoms. The Morgan fingerprint density at radius 2 is 2.03 bits per heavy atom. The summed E-state index contributed by atoms with van der Waals surface area (Å²) < 4.78 is 26.0. The highest BCUT2D eigenvalue weighted by atomic mass is 79.9. The fourth-order valence-electron chi connectivity index (χ4n) is 4.10. The van der Waals surface area contributed by atoms with Crippen molar-refractivity contribution >= 4 is 75.1 Å². The van der Waals surface area contributed by atoms with E-state index in [2.05, 4.69) is 5.32 Å². The van der Waals surface area contributed by atoms with Gasteiger partial charge in [0.05, 0.1) is 34.6 Å². The zero-order chi connectivity index (χ0) is 26.5. The number of morpholine rings is 1. The fraction of sp³-hybridized carbons (Fsp3) is 0.417. The summed E-state index contributed by atoms with van der Waals surface area (Å²) in [7, 11) is 1.76. The van der Waals surface area contributed by atoms with Gasteiger partial charge < -0.3 is 19.7 Å². The molecule has 4 rings (SSSR count). The van der Waals surface area contributed by atoms with E-state index >= 15 is 4.39 Å². The Hall–Kier alpha value is -2.58. The van der Waals surface area contributed by atoms with E-state index < -0.39 is 29.8 Å². The Balaban J connectivity index is 0.00000400. The Morgan fingerprint density at radius 1 is 1.24 bits per heavy atom. The van der Waals surface area contributed by atoms with E-state index in [4.69, 9.17) is 21.1 Å². The molecule has 0 spiro atoms. The molecular formula is C24H27BrClFN4O6S. The van der Waals surface area contributed by atoms with Crippen molar-refractivity contribution in [3.63, 3.8) is 0 Å². The average Bonchev–Trinajstić information content (AvgIpc) is 3.47. The molecule has 2 aromatic rings. The topological polar surface area (TPSA) is 108 Å². The molecule has 0 radical (unpaired) electrons. The third kappa shape index (κ3) is 6.89. The Bertz CT molecular complexity index is 1200. The second-order valence-corrected chi connectivity index (χ2v) is 10.2. The number of amides is 4. The van der Waals surface area contributed by atoms with Crippen LogP contribution in [0, 0.1) is 5.82 Å². The molecule has 1 atom stereocenters. The van der Waals surface area contributed by atoms with Gasteiger partial charge in [0.15, 0.2) is 0 Å². The second kappa shape index (κ2) is 13.5. The number of nitrogens with zero attached hydrogens (tertiary/aromatic N) is 3. The summed E-state index contributed by atoms with van der Waals surface area (Å²) in [6, 6.07) is 7.23. The van der Waals surface area contributed by atoms with E-state index in [1.165, 1.54) is 23.1 Å². The van der Waals surface area contributed by atoms with Crippen molar-refractivity contribution in [3.8, 4) is 0 Å². The molecule has 38 heavy (non-hydrogen) atoms. The number of cyclic esters (lactones) is 1. The number of halogens is 3. The standard InChI is InChI=1S/C24H26ClFN4O6S.BrH/c1-27-8-2-3-21(31)30(23(33)19-6-7-20(25)37-19)13-16-12-29(24(34)36-16)18-5-4-15(11-17(18)26)28-9-10-35-14-22(28)32;/h4-7,11,16,27H,2-3,8-10,12-14H2,1H3;1H/t16-;/m1./s1.